The Morgan fingerprint density at radius 3 is 2.82 bits per heavy atom. The highest BCUT2D eigenvalue weighted by Crippen LogP contribution is 2.25. The summed E-state index contributed by atoms with van der Waals surface area (Å²) in [5.41, 5.74) is 1.49. The van der Waals surface area contributed by atoms with Crippen molar-refractivity contribution in [1.82, 2.24) is 9.97 Å². The number of carbonyl (C=O) groups is 1. The Hall–Kier alpha value is -1.52. The summed E-state index contributed by atoms with van der Waals surface area (Å²) in [5.74, 6) is -0.326. The number of H-pyrrole nitrogens is 1. The summed E-state index contributed by atoms with van der Waals surface area (Å²) in [6.45, 7) is 1.77. The minimum atomic E-state index is -0.326. The number of imidazole rings is 1. The number of aromatic amines is 1. The van der Waals surface area contributed by atoms with Gasteiger partial charge in [-0.1, -0.05) is 23.2 Å². The first kappa shape index (κ1) is 12.0. The lowest BCUT2D eigenvalue weighted by molar-refractivity contribution is 0.102. The largest absolute Gasteiger partial charge is 0.348 e. The number of aryl methyl sites for hydroxylation is 1. The number of halogens is 2. The van der Waals surface area contributed by atoms with E-state index >= 15 is 0 Å². The minimum Gasteiger partial charge on any atom is -0.348 e. The van der Waals surface area contributed by atoms with Gasteiger partial charge in [0.2, 0.25) is 0 Å². The highest BCUT2D eigenvalue weighted by atomic mass is 35.5. The van der Waals surface area contributed by atoms with Crippen molar-refractivity contribution < 1.29 is 4.79 Å². The third-order valence-electron chi connectivity index (χ3n) is 2.22. The number of hydrogen-bond donors (Lipinski definition) is 2. The molecule has 0 aliphatic rings. The minimum absolute atomic E-state index is 0.326. The Labute approximate surface area is 108 Å². The third kappa shape index (κ3) is 2.60. The smallest absolute Gasteiger partial charge is 0.276 e. The molecule has 0 unspecified atom stereocenters. The lowest BCUT2D eigenvalue weighted by Gasteiger charge is -2.06. The molecule has 4 nitrogen and oxygen atoms in total. The lowest BCUT2D eigenvalue weighted by Crippen LogP contribution is -2.13. The van der Waals surface area contributed by atoms with Gasteiger partial charge in [-0.05, 0) is 25.1 Å². The molecule has 2 aromatic rings. The number of amides is 1. The summed E-state index contributed by atoms with van der Waals surface area (Å²) in [4.78, 5) is 18.6. The SMILES string of the molecule is Cc1[nH]cnc1C(=O)Nc1cc(Cl)ccc1Cl. The fraction of sp³-hybridized carbons (Fsp3) is 0.0909. The molecular weight excluding hydrogens is 261 g/mol. The first-order valence-electron chi connectivity index (χ1n) is 4.84. The van der Waals surface area contributed by atoms with Gasteiger partial charge < -0.3 is 10.3 Å². The van der Waals surface area contributed by atoms with Crippen LogP contribution in [0.3, 0.4) is 0 Å². The molecule has 0 aliphatic heterocycles. The maximum Gasteiger partial charge on any atom is 0.276 e. The van der Waals surface area contributed by atoms with Crippen LogP contribution in [0.4, 0.5) is 5.69 Å². The summed E-state index contributed by atoms with van der Waals surface area (Å²) in [6.07, 6.45) is 1.46. The molecule has 1 aromatic heterocycles. The lowest BCUT2D eigenvalue weighted by atomic mass is 10.3. The molecule has 0 saturated heterocycles. The van der Waals surface area contributed by atoms with Crippen molar-refractivity contribution in [3.8, 4) is 0 Å². The molecule has 2 rings (SSSR count). The van der Waals surface area contributed by atoms with Crippen molar-refractivity contribution in [2.75, 3.05) is 5.32 Å². The van der Waals surface area contributed by atoms with Gasteiger partial charge in [0.05, 0.1) is 17.0 Å². The second-order valence-electron chi connectivity index (χ2n) is 3.45. The molecular formula is C11H9Cl2N3O. The Kier molecular flexibility index (Phi) is 3.36. The van der Waals surface area contributed by atoms with Gasteiger partial charge in [0.1, 0.15) is 5.69 Å². The zero-order chi connectivity index (χ0) is 12.4. The standard InChI is InChI=1S/C11H9Cl2N3O/c1-6-10(15-5-14-6)11(17)16-9-4-7(12)2-3-8(9)13/h2-5H,1H3,(H,14,15)(H,16,17). The molecule has 2 N–H and O–H groups in total. The normalized spacial score (nSPS) is 10.3. The van der Waals surface area contributed by atoms with Gasteiger partial charge in [-0.2, -0.15) is 0 Å². The van der Waals surface area contributed by atoms with E-state index in [-0.39, 0.29) is 5.91 Å². The van der Waals surface area contributed by atoms with Crippen LogP contribution in [0.25, 0.3) is 0 Å². The average Bonchev–Trinajstić information content (AvgIpc) is 2.70. The Morgan fingerprint density at radius 2 is 2.18 bits per heavy atom. The van der Waals surface area contributed by atoms with E-state index in [4.69, 9.17) is 23.2 Å². The maximum absolute atomic E-state index is 11.9. The van der Waals surface area contributed by atoms with E-state index in [0.717, 1.165) is 0 Å². The first-order valence-corrected chi connectivity index (χ1v) is 5.60. The molecule has 0 aliphatic carbocycles. The van der Waals surface area contributed by atoms with Gasteiger partial charge in [-0.3, -0.25) is 4.79 Å². The molecule has 0 saturated carbocycles. The molecule has 88 valence electrons. The highest BCUT2D eigenvalue weighted by molar-refractivity contribution is 6.35. The molecule has 0 radical (unpaired) electrons. The van der Waals surface area contributed by atoms with Gasteiger partial charge in [0.25, 0.3) is 5.91 Å². The molecule has 0 atom stereocenters. The summed E-state index contributed by atoms with van der Waals surface area (Å²) < 4.78 is 0. The monoisotopic (exact) mass is 269 g/mol. The van der Waals surface area contributed by atoms with Gasteiger partial charge in [0.15, 0.2) is 0 Å². The predicted molar refractivity (Wildman–Crippen MR) is 67.7 cm³/mol. The van der Waals surface area contributed by atoms with E-state index in [1.165, 1.54) is 6.33 Å². The van der Waals surface area contributed by atoms with Crippen molar-refractivity contribution in [3.63, 3.8) is 0 Å². The van der Waals surface area contributed by atoms with Crippen LogP contribution in [0, 0.1) is 6.92 Å². The Bertz CT molecular complexity index is 566. The summed E-state index contributed by atoms with van der Waals surface area (Å²) in [5, 5.41) is 3.59. The van der Waals surface area contributed by atoms with E-state index in [0.29, 0.717) is 27.1 Å². The fourth-order valence-electron chi connectivity index (χ4n) is 1.36. The number of nitrogens with zero attached hydrogens (tertiary/aromatic N) is 1. The number of carbonyl (C=O) groups excluding carboxylic acids is 1. The highest BCUT2D eigenvalue weighted by Gasteiger charge is 2.13. The van der Waals surface area contributed by atoms with Crippen LogP contribution in [0.15, 0.2) is 24.5 Å². The first-order chi connectivity index (χ1) is 8.08. The number of nitrogens with one attached hydrogen (secondary N) is 2. The van der Waals surface area contributed by atoms with Crippen LogP contribution in [-0.2, 0) is 0 Å². The van der Waals surface area contributed by atoms with E-state index in [9.17, 15) is 4.79 Å². The van der Waals surface area contributed by atoms with Crippen molar-refractivity contribution in [2.24, 2.45) is 0 Å². The van der Waals surface area contributed by atoms with Gasteiger partial charge >= 0.3 is 0 Å². The molecule has 1 amide bonds. The summed E-state index contributed by atoms with van der Waals surface area (Å²) >= 11 is 11.8. The van der Waals surface area contributed by atoms with Crippen LogP contribution < -0.4 is 5.32 Å². The van der Waals surface area contributed by atoms with E-state index < -0.39 is 0 Å². The number of hydrogen-bond acceptors (Lipinski definition) is 2. The van der Waals surface area contributed by atoms with E-state index in [2.05, 4.69) is 15.3 Å². The average molecular weight is 270 g/mol. The molecule has 0 spiro atoms. The van der Waals surface area contributed by atoms with E-state index in [1.807, 2.05) is 0 Å². The summed E-state index contributed by atoms with van der Waals surface area (Å²) in [7, 11) is 0. The van der Waals surface area contributed by atoms with Crippen LogP contribution in [0.5, 0.6) is 0 Å². The zero-order valence-electron chi connectivity index (χ0n) is 8.92. The van der Waals surface area contributed by atoms with Crippen LogP contribution in [0.2, 0.25) is 10.0 Å². The molecule has 0 bridgehead atoms. The van der Waals surface area contributed by atoms with Gasteiger partial charge in [0, 0.05) is 10.7 Å². The van der Waals surface area contributed by atoms with Gasteiger partial charge in [-0.15, -0.1) is 0 Å². The zero-order valence-corrected chi connectivity index (χ0v) is 10.4. The van der Waals surface area contributed by atoms with Crippen molar-refractivity contribution >= 4 is 34.8 Å². The number of aromatic nitrogens is 2. The third-order valence-corrected chi connectivity index (χ3v) is 2.79. The topological polar surface area (TPSA) is 57.8 Å². The van der Waals surface area contributed by atoms with Crippen LogP contribution >= 0.6 is 23.2 Å². The number of anilines is 1. The molecule has 1 aromatic carbocycles. The van der Waals surface area contributed by atoms with Crippen molar-refractivity contribution in [2.45, 2.75) is 6.92 Å². The molecule has 6 heteroatoms. The Balaban J connectivity index is 2.24. The maximum atomic E-state index is 11.9. The van der Waals surface area contributed by atoms with Crippen LogP contribution in [0.1, 0.15) is 16.2 Å². The van der Waals surface area contributed by atoms with E-state index in [1.54, 1.807) is 25.1 Å². The van der Waals surface area contributed by atoms with Gasteiger partial charge in [-0.25, -0.2) is 4.98 Å². The molecule has 0 fully saturated rings. The van der Waals surface area contributed by atoms with Crippen LogP contribution in [-0.4, -0.2) is 15.9 Å². The molecule has 17 heavy (non-hydrogen) atoms. The number of rotatable bonds is 2. The molecule has 1 heterocycles. The predicted octanol–water partition coefficient (Wildman–Crippen LogP) is 3.28. The summed E-state index contributed by atoms with van der Waals surface area (Å²) in [6, 6.07) is 4.86. The fourth-order valence-corrected chi connectivity index (χ4v) is 1.70. The second kappa shape index (κ2) is 4.77. The van der Waals surface area contributed by atoms with Crippen molar-refractivity contribution in [3.05, 3.63) is 46.0 Å². The van der Waals surface area contributed by atoms with Crippen molar-refractivity contribution in [1.29, 1.82) is 0 Å². The Morgan fingerprint density at radius 1 is 1.41 bits per heavy atom. The second-order valence-corrected chi connectivity index (χ2v) is 4.30. The quantitative estimate of drug-likeness (QED) is 0.879. The number of benzene rings is 1.